The highest BCUT2D eigenvalue weighted by molar-refractivity contribution is 6.14. The van der Waals surface area contributed by atoms with E-state index in [1.54, 1.807) is 0 Å². The highest BCUT2D eigenvalue weighted by Gasteiger charge is 2.23. The lowest BCUT2D eigenvalue weighted by molar-refractivity contribution is 0.980. The fourth-order valence-electron chi connectivity index (χ4n) is 7.77. The smallest absolute Gasteiger partial charge is 0.101 e. The van der Waals surface area contributed by atoms with Crippen LogP contribution in [0.3, 0.4) is 0 Å². The van der Waals surface area contributed by atoms with Gasteiger partial charge in [0.1, 0.15) is 5.69 Å². The second-order valence-corrected chi connectivity index (χ2v) is 13.8. The second-order valence-electron chi connectivity index (χ2n) is 13.8. The van der Waals surface area contributed by atoms with Crippen molar-refractivity contribution >= 4 is 16.3 Å². The zero-order valence-electron chi connectivity index (χ0n) is 30.0. The van der Waals surface area contributed by atoms with E-state index >= 15 is 0 Å². The normalized spacial score (nSPS) is 11.3. The maximum atomic E-state index is 5.45. The molecule has 3 heterocycles. The second kappa shape index (κ2) is 13.9. The van der Waals surface area contributed by atoms with Crippen molar-refractivity contribution in [1.29, 1.82) is 0 Å². The van der Waals surface area contributed by atoms with Crippen LogP contribution in [0.5, 0.6) is 0 Å². The number of fused-ring (bicyclic) bond motifs is 3. The van der Waals surface area contributed by atoms with Crippen LogP contribution in [0.15, 0.2) is 212 Å². The van der Waals surface area contributed by atoms with Crippen LogP contribution in [0.2, 0.25) is 0 Å². The Morgan fingerprint density at radius 1 is 0.345 bits per heavy atom. The van der Waals surface area contributed by atoms with E-state index in [4.69, 9.17) is 10.1 Å². The lowest BCUT2D eigenvalue weighted by Gasteiger charge is -2.15. The summed E-state index contributed by atoms with van der Waals surface area (Å²) in [6.45, 7) is 0. The molecule has 3 aromatic heterocycles. The van der Waals surface area contributed by atoms with Crippen molar-refractivity contribution in [3.63, 3.8) is 0 Å². The molecule has 3 heteroatoms. The summed E-state index contributed by atoms with van der Waals surface area (Å²) in [7, 11) is 0. The van der Waals surface area contributed by atoms with Gasteiger partial charge < -0.3 is 0 Å². The van der Waals surface area contributed by atoms with Gasteiger partial charge in [0.05, 0.1) is 22.6 Å². The van der Waals surface area contributed by atoms with Gasteiger partial charge in [-0.1, -0.05) is 194 Å². The fourth-order valence-corrected chi connectivity index (χ4v) is 7.77. The third kappa shape index (κ3) is 5.98. The van der Waals surface area contributed by atoms with Gasteiger partial charge in [0.2, 0.25) is 0 Å². The largest absolute Gasteiger partial charge is 0.248 e. The van der Waals surface area contributed by atoms with Crippen molar-refractivity contribution in [3.8, 4) is 78.4 Å². The molecule has 0 aliphatic carbocycles. The van der Waals surface area contributed by atoms with Crippen molar-refractivity contribution in [2.45, 2.75) is 0 Å². The van der Waals surface area contributed by atoms with Gasteiger partial charge in [-0.05, 0) is 51.4 Å². The Bertz CT molecular complexity index is 2860. The molecule has 10 aromatic rings. The zero-order valence-corrected chi connectivity index (χ0v) is 30.0. The summed E-state index contributed by atoms with van der Waals surface area (Å²) in [5.74, 6) is 0. The van der Waals surface area contributed by atoms with E-state index in [0.717, 1.165) is 83.9 Å². The first-order chi connectivity index (χ1) is 27.3. The number of aromatic nitrogens is 3. The van der Waals surface area contributed by atoms with E-state index in [9.17, 15) is 0 Å². The summed E-state index contributed by atoms with van der Waals surface area (Å²) in [5, 5.41) is 7.79. The Balaban J connectivity index is 1.19. The molecule has 0 bridgehead atoms. The molecule has 0 fully saturated rings. The molecule has 10 rings (SSSR count). The SMILES string of the molecule is c1ccc(-c2cc(-c3ccc(-c4cccc5cc(-c6ccccc6)n6nc(-c7ccccc7)c(-c7ccccc7)c6c45)cc3)cc(-c3ccccc3)n2)cc1. The summed E-state index contributed by atoms with van der Waals surface area (Å²) >= 11 is 0. The van der Waals surface area contributed by atoms with Crippen molar-refractivity contribution in [1.82, 2.24) is 14.6 Å². The molecule has 0 unspecified atom stereocenters. The van der Waals surface area contributed by atoms with Crippen molar-refractivity contribution < 1.29 is 0 Å². The fraction of sp³-hybridized carbons (Fsp3) is 0. The number of hydrogen-bond donors (Lipinski definition) is 0. The lowest BCUT2D eigenvalue weighted by atomic mass is 9.92. The molecule has 0 aliphatic heterocycles. The summed E-state index contributed by atoms with van der Waals surface area (Å²) in [4.78, 5) is 5.11. The Labute approximate surface area is 320 Å². The molecule has 0 saturated heterocycles. The first kappa shape index (κ1) is 32.3. The van der Waals surface area contributed by atoms with Crippen LogP contribution in [0.4, 0.5) is 0 Å². The third-order valence-corrected chi connectivity index (χ3v) is 10.4. The van der Waals surface area contributed by atoms with E-state index in [1.807, 2.05) is 12.1 Å². The molecule has 0 N–H and O–H groups in total. The Kier molecular flexibility index (Phi) is 8.16. The highest BCUT2D eigenvalue weighted by Crippen LogP contribution is 2.44. The zero-order chi connectivity index (χ0) is 36.6. The predicted octanol–water partition coefficient (Wildman–Crippen LogP) is 13.6. The number of hydrogen-bond acceptors (Lipinski definition) is 2. The summed E-state index contributed by atoms with van der Waals surface area (Å²) in [5.41, 5.74) is 16.2. The molecular weight excluding hydrogens is 667 g/mol. The van der Waals surface area contributed by atoms with Crippen LogP contribution in [-0.4, -0.2) is 14.6 Å². The van der Waals surface area contributed by atoms with Gasteiger partial charge in [-0.25, -0.2) is 9.50 Å². The first-order valence-electron chi connectivity index (χ1n) is 18.7. The van der Waals surface area contributed by atoms with Gasteiger partial charge in [0, 0.05) is 33.2 Å². The quantitative estimate of drug-likeness (QED) is 0.166. The van der Waals surface area contributed by atoms with Gasteiger partial charge >= 0.3 is 0 Å². The van der Waals surface area contributed by atoms with E-state index < -0.39 is 0 Å². The van der Waals surface area contributed by atoms with Crippen LogP contribution in [0, 0.1) is 0 Å². The van der Waals surface area contributed by atoms with Crippen molar-refractivity contribution in [2.24, 2.45) is 0 Å². The van der Waals surface area contributed by atoms with Crippen LogP contribution >= 0.6 is 0 Å². The maximum Gasteiger partial charge on any atom is 0.101 e. The van der Waals surface area contributed by atoms with Gasteiger partial charge in [0.25, 0.3) is 0 Å². The molecule has 0 spiro atoms. The van der Waals surface area contributed by atoms with Crippen LogP contribution < -0.4 is 0 Å². The number of benzene rings is 7. The molecule has 0 radical (unpaired) electrons. The minimum Gasteiger partial charge on any atom is -0.248 e. The number of nitrogens with zero attached hydrogens (tertiary/aromatic N) is 3. The van der Waals surface area contributed by atoms with Gasteiger partial charge in [-0.3, -0.25) is 0 Å². The number of rotatable bonds is 7. The monoisotopic (exact) mass is 701 g/mol. The molecule has 0 amide bonds. The molecule has 0 aliphatic rings. The Morgan fingerprint density at radius 2 is 0.836 bits per heavy atom. The van der Waals surface area contributed by atoms with E-state index in [2.05, 4.69) is 205 Å². The standard InChI is InChI=1S/C52H35N3/c1-6-17-38(18-7-1)46-33-44(34-47(53-46)39-19-8-2-9-20-39)36-29-31-37(32-30-36)45-28-16-27-43-35-48(40-21-10-3-11-22-40)55-52(49(43)45)50(41-23-12-4-13-24-41)51(54-55)42-25-14-5-15-26-42/h1-35H. The average Bonchev–Trinajstić information content (AvgIpc) is 3.68. The van der Waals surface area contributed by atoms with Gasteiger partial charge in [0.15, 0.2) is 0 Å². The van der Waals surface area contributed by atoms with Gasteiger partial charge in [-0.15, -0.1) is 0 Å². The first-order valence-corrected chi connectivity index (χ1v) is 18.7. The van der Waals surface area contributed by atoms with Crippen molar-refractivity contribution in [2.75, 3.05) is 0 Å². The Morgan fingerprint density at radius 3 is 1.40 bits per heavy atom. The van der Waals surface area contributed by atoms with Crippen LogP contribution in [0.1, 0.15) is 0 Å². The molecule has 7 aromatic carbocycles. The molecule has 258 valence electrons. The lowest BCUT2D eigenvalue weighted by Crippen LogP contribution is -1.97. The maximum absolute atomic E-state index is 5.45. The van der Waals surface area contributed by atoms with Crippen LogP contribution in [-0.2, 0) is 0 Å². The molecular formula is C52H35N3. The average molecular weight is 702 g/mol. The summed E-state index contributed by atoms with van der Waals surface area (Å²) in [6.07, 6.45) is 0. The molecule has 3 nitrogen and oxygen atoms in total. The minimum absolute atomic E-state index is 0.954. The third-order valence-electron chi connectivity index (χ3n) is 10.4. The minimum atomic E-state index is 0.954. The Hall–Kier alpha value is -7.36. The molecule has 0 atom stereocenters. The van der Waals surface area contributed by atoms with Gasteiger partial charge in [-0.2, -0.15) is 5.10 Å². The van der Waals surface area contributed by atoms with Crippen LogP contribution in [0.25, 0.3) is 94.7 Å². The van der Waals surface area contributed by atoms with E-state index in [-0.39, 0.29) is 0 Å². The van der Waals surface area contributed by atoms with E-state index in [0.29, 0.717) is 0 Å². The molecule has 55 heavy (non-hydrogen) atoms. The number of pyridine rings is 2. The highest BCUT2D eigenvalue weighted by atomic mass is 15.2. The topological polar surface area (TPSA) is 30.2 Å². The summed E-state index contributed by atoms with van der Waals surface area (Å²) < 4.78 is 2.17. The van der Waals surface area contributed by atoms with E-state index in [1.165, 1.54) is 10.8 Å². The van der Waals surface area contributed by atoms with Crippen molar-refractivity contribution in [3.05, 3.63) is 212 Å². The predicted molar refractivity (Wildman–Crippen MR) is 229 cm³/mol. The summed E-state index contributed by atoms with van der Waals surface area (Å²) in [6, 6.07) is 75.0. The molecule has 0 saturated carbocycles.